The number of rotatable bonds is 1. The normalized spacial score (nSPS) is 38.7. The Bertz CT molecular complexity index is 965. The predicted octanol–water partition coefficient (Wildman–Crippen LogP) is 3.07. The summed E-state index contributed by atoms with van der Waals surface area (Å²) in [5, 5.41) is 10.6. The van der Waals surface area contributed by atoms with Gasteiger partial charge in [-0.15, -0.1) is 5.73 Å². The zero-order valence-corrected chi connectivity index (χ0v) is 18.1. The van der Waals surface area contributed by atoms with Gasteiger partial charge < -0.3 is 14.2 Å². The van der Waals surface area contributed by atoms with Crippen molar-refractivity contribution in [1.82, 2.24) is 0 Å². The Morgan fingerprint density at radius 1 is 1.43 bits per heavy atom. The number of quaternary nitrogens is 1. The monoisotopic (exact) mass is 405 g/mol. The van der Waals surface area contributed by atoms with Gasteiger partial charge >= 0.3 is 14.1 Å². The van der Waals surface area contributed by atoms with E-state index in [4.69, 9.17) is 12.7 Å². The lowest BCUT2D eigenvalue weighted by Gasteiger charge is -2.57. The average Bonchev–Trinajstić information content (AvgIpc) is 3.17. The lowest BCUT2D eigenvalue weighted by molar-refractivity contribution is -0.835. The minimum atomic E-state index is -0.601. The van der Waals surface area contributed by atoms with E-state index in [1.54, 1.807) is 0 Å². The maximum absolute atomic E-state index is 13.5. The first kappa shape index (κ1) is 19.9. The maximum Gasteiger partial charge on any atom is 0.481 e. The van der Waals surface area contributed by atoms with Crippen LogP contribution in [0.5, 0.6) is 0 Å². The zero-order valence-electron chi connectivity index (χ0n) is 18.1. The molecule has 0 aromatic heterocycles. The summed E-state index contributed by atoms with van der Waals surface area (Å²) < 4.78 is 6.33. The summed E-state index contributed by atoms with van der Waals surface area (Å²) in [5.41, 5.74) is 5.44. The standard InChI is InChI=1S/C24H30BN2O3/c1-5-15-13-27(25)11-10-24-18-8-6-7-9-19(18)26(22(29)30-23(2,3)4)21(24)17(14-28)16(15)12-20(24)27/h6-9,16-17,20-21,28H,1,10-14H2,2-4H3/q+1/t16-,17?,20-,21+,24+,27?/m0/s1. The van der Waals surface area contributed by atoms with Gasteiger partial charge in [0, 0.05) is 36.9 Å². The molecule has 1 aromatic carbocycles. The Labute approximate surface area is 180 Å². The van der Waals surface area contributed by atoms with Crippen LogP contribution in [-0.2, 0) is 10.2 Å². The van der Waals surface area contributed by atoms with E-state index in [0.717, 1.165) is 37.2 Å². The number of piperidine rings is 1. The molecular weight excluding hydrogens is 375 g/mol. The van der Waals surface area contributed by atoms with Crippen LogP contribution in [0.15, 0.2) is 42.1 Å². The van der Waals surface area contributed by atoms with Gasteiger partial charge in [-0.05, 0) is 32.4 Å². The molecule has 6 heteroatoms. The highest BCUT2D eigenvalue weighted by Gasteiger charge is 2.72. The first-order valence-corrected chi connectivity index (χ1v) is 10.9. The quantitative estimate of drug-likeness (QED) is 0.577. The Morgan fingerprint density at radius 2 is 2.17 bits per heavy atom. The molecule has 2 saturated heterocycles. The Hall–Kier alpha value is -2.01. The molecule has 30 heavy (non-hydrogen) atoms. The summed E-state index contributed by atoms with van der Waals surface area (Å²) in [4.78, 5) is 15.3. The van der Waals surface area contributed by atoms with Gasteiger partial charge in [0.2, 0.25) is 0 Å². The van der Waals surface area contributed by atoms with E-state index in [2.05, 4.69) is 18.4 Å². The lowest BCUT2D eigenvalue weighted by atomic mass is 9.55. The molecule has 2 unspecified atom stereocenters. The summed E-state index contributed by atoms with van der Waals surface area (Å²) in [5.74, 6) is 0.0278. The maximum atomic E-state index is 13.5. The van der Waals surface area contributed by atoms with E-state index in [1.165, 1.54) is 5.56 Å². The van der Waals surface area contributed by atoms with Crippen molar-refractivity contribution in [1.29, 1.82) is 0 Å². The first-order chi connectivity index (χ1) is 14.2. The third kappa shape index (κ3) is 2.42. The van der Waals surface area contributed by atoms with Crippen molar-refractivity contribution >= 4 is 19.8 Å². The summed E-state index contributed by atoms with van der Waals surface area (Å²) >= 11 is 0. The number of hydrogen-bond acceptors (Lipinski definition) is 3. The number of aliphatic hydroxyl groups is 1. The summed E-state index contributed by atoms with van der Waals surface area (Å²) in [6.07, 6.45) is 1.44. The molecule has 5 nitrogen and oxygen atoms in total. The van der Waals surface area contributed by atoms with Crippen molar-refractivity contribution in [3.63, 3.8) is 0 Å². The van der Waals surface area contributed by atoms with Crippen molar-refractivity contribution < 1.29 is 19.0 Å². The number of fused-ring (bicyclic) bond motifs is 2. The number of aliphatic hydroxyl groups excluding tert-OH is 1. The minimum absolute atomic E-state index is 0.00679. The number of carbonyl (C=O) groups is 1. The van der Waals surface area contributed by atoms with E-state index in [0.29, 0.717) is 4.39 Å². The van der Waals surface area contributed by atoms with Crippen molar-refractivity contribution in [2.45, 2.75) is 56.7 Å². The topological polar surface area (TPSA) is 49.8 Å². The van der Waals surface area contributed by atoms with E-state index in [9.17, 15) is 9.90 Å². The highest BCUT2D eigenvalue weighted by molar-refractivity contribution is 5.98. The number of amides is 1. The average molecular weight is 405 g/mol. The van der Waals surface area contributed by atoms with Gasteiger partial charge in [0.15, 0.2) is 0 Å². The van der Waals surface area contributed by atoms with Crippen LogP contribution in [-0.4, -0.2) is 61.0 Å². The Morgan fingerprint density at radius 3 is 2.83 bits per heavy atom. The molecule has 1 amide bonds. The summed E-state index contributed by atoms with van der Waals surface area (Å²) in [6, 6.07) is 8.18. The predicted molar refractivity (Wildman–Crippen MR) is 116 cm³/mol. The van der Waals surface area contributed by atoms with E-state index in [1.807, 2.05) is 43.9 Å². The molecule has 1 aromatic rings. The van der Waals surface area contributed by atoms with Crippen LogP contribution in [0.4, 0.5) is 10.5 Å². The molecule has 1 spiro atoms. The van der Waals surface area contributed by atoms with Crippen LogP contribution >= 0.6 is 0 Å². The van der Waals surface area contributed by atoms with E-state index < -0.39 is 5.60 Å². The fourth-order valence-electron chi connectivity index (χ4n) is 7.04. The second kappa shape index (κ2) is 6.26. The van der Waals surface area contributed by atoms with Gasteiger partial charge in [-0.1, -0.05) is 24.8 Å². The third-order valence-corrected chi connectivity index (χ3v) is 7.97. The molecule has 2 bridgehead atoms. The highest BCUT2D eigenvalue weighted by atomic mass is 16.6. The van der Waals surface area contributed by atoms with Gasteiger partial charge in [-0.25, -0.2) is 4.79 Å². The second-order valence-electron chi connectivity index (χ2n) is 10.5. The first-order valence-electron chi connectivity index (χ1n) is 10.9. The van der Waals surface area contributed by atoms with Crippen LogP contribution in [0, 0.1) is 11.8 Å². The van der Waals surface area contributed by atoms with Crippen LogP contribution < -0.4 is 4.90 Å². The van der Waals surface area contributed by atoms with Crippen molar-refractivity contribution in [3.8, 4) is 0 Å². The van der Waals surface area contributed by atoms with Crippen molar-refractivity contribution in [2.24, 2.45) is 11.8 Å². The molecule has 3 aliphatic heterocycles. The fourth-order valence-corrected chi connectivity index (χ4v) is 7.04. The molecule has 1 saturated carbocycles. The number of carbonyl (C=O) groups excluding carboxylic acids is 1. The Kier molecular flexibility index (Phi) is 4.16. The molecule has 2 radical (unpaired) electrons. The number of anilines is 1. The SMILES string of the molecule is [B][N+]12CC[C@]34c5ccccc5N(C(=O)OC(C)(C)C)[C@@H]3C(CO)[C@@H](C[C@@H]41)C(=C=C)C2. The van der Waals surface area contributed by atoms with E-state index >= 15 is 0 Å². The lowest BCUT2D eigenvalue weighted by Crippen LogP contribution is -2.70. The largest absolute Gasteiger partial charge is 0.481 e. The highest BCUT2D eigenvalue weighted by Crippen LogP contribution is 2.64. The number of hydrogen-bond donors (Lipinski definition) is 1. The van der Waals surface area contributed by atoms with Crippen LogP contribution in [0.1, 0.15) is 39.2 Å². The minimum Gasteiger partial charge on any atom is -0.443 e. The molecule has 3 fully saturated rings. The van der Waals surface area contributed by atoms with Gasteiger partial charge in [0.1, 0.15) is 5.60 Å². The molecule has 3 heterocycles. The number of para-hydroxylation sites is 1. The molecule has 6 atom stereocenters. The molecular formula is C24H30BN2O3+. The second-order valence-corrected chi connectivity index (χ2v) is 10.5. The summed E-state index contributed by atoms with van der Waals surface area (Å²) in [7, 11) is 6.99. The third-order valence-electron chi connectivity index (χ3n) is 7.97. The molecule has 1 N–H and O–H groups in total. The van der Waals surface area contributed by atoms with Crippen LogP contribution in [0.3, 0.4) is 0 Å². The van der Waals surface area contributed by atoms with Gasteiger partial charge in [0.05, 0.1) is 36.3 Å². The molecule has 156 valence electrons. The van der Waals surface area contributed by atoms with Crippen LogP contribution in [0.25, 0.3) is 0 Å². The van der Waals surface area contributed by atoms with Gasteiger partial charge in [0.25, 0.3) is 0 Å². The smallest absolute Gasteiger partial charge is 0.443 e. The number of benzene rings is 1. The molecule has 5 rings (SSSR count). The molecule has 4 aliphatic rings. The number of nitrogens with zero attached hydrogens (tertiary/aromatic N) is 2. The summed E-state index contributed by atoms with van der Waals surface area (Å²) in [6.45, 7) is 11.2. The molecule has 1 aliphatic carbocycles. The Balaban J connectivity index is 1.73. The van der Waals surface area contributed by atoms with E-state index in [-0.39, 0.29) is 42.0 Å². The van der Waals surface area contributed by atoms with Crippen LogP contribution in [0.2, 0.25) is 0 Å². The number of ether oxygens (including phenoxy) is 1. The van der Waals surface area contributed by atoms with Crippen molar-refractivity contribution in [2.75, 3.05) is 24.6 Å². The zero-order chi connectivity index (χ0) is 21.5. The van der Waals surface area contributed by atoms with Crippen molar-refractivity contribution in [3.05, 3.63) is 47.7 Å². The van der Waals surface area contributed by atoms with Gasteiger partial charge in [-0.2, -0.15) is 0 Å². The van der Waals surface area contributed by atoms with Gasteiger partial charge in [-0.3, -0.25) is 4.90 Å². The fraction of sp³-hybridized carbons (Fsp3) is 0.583.